The van der Waals surface area contributed by atoms with Crippen LogP contribution in [0.25, 0.3) is 0 Å². The fourth-order valence-corrected chi connectivity index (χ4v) is 2.62. The third-order valence-corrected chi connectivity index (χ3v) is 4.77. The van der Waals surface area contributed by atoms with Gasteiger partial charge in [-0.2, -0.15) is 0 Å². The van der Waals surface area contributed by atoms with Crippen molar-refractivity contribution in [2.75, 3.05) is 12.4 Å². The SMILES string of the molecule is COC(=O)c1ccc([N+](=O)[O-])c(NC2C(C)(C)C2(C)C)n1. The normalized spacial score (nSPS) is 18.9. The molecule has 0 atom stereocenters. The number of nitrogens with zero attached hydrogens (tertiary/aromatic N) is 2. The summed E-state index contributed by atoms with van der Waals surface area (Å²) in [6.07, 6.45) is 0. The zero-order chi connectivity index (χ0) is 16.0. The minimum Gasteiger partial charge on any atom is -0.464 e. The highest BCUT2D eigenvalue weighted by Gasteiger charge is 2.65. The molecule has 1 saturated carbocycles. The second kappa shape index (κ2) is 4.68. The van der Waals surface area contributed by atoms with Gasteiger partial charge in [-0.3, -0.25) is 10.1 Å². The second-order valence-corrected chi connectivity index (χ2v) is 6.33. The molecule has 1 fully saturated rings. The molecule has 0 amide bonds. The van der Waals surface area contributed by atoms with E-state index in [4.69, 9.17) is 0 Å². The fraction of sp³-hybridized carbons (Fsp3) is 0.571. The molecule has 0 saturated heterocycles. The lowest BCUT2D eigenvalue weighted by molar-refractivity contribution is -0.384. The van der Waals surface area contributed by atoms with Gasteiger partial charge in [0.1, 0.15) is 0 Å². The molecule has 2 rings (SSSR count). The molecule has 1 heterocycles. The fourth-order valence-electron chi connectivity index (χ4n) is 2.62. The van der Waals surface area contributed by atoms with Crippen LogP contribution in [0.1, 0.15) is 38.2 Å². The van der Waals surface area contributed by atoms with E-state index < -0.39 is 10.9 Å². The number of rotatable bonds is 4. The molecular weight excluding hydrogens is 274 g/mol. The van der Waals surface area contributed by atoms with Crippen LogP contribution in [0.15, 0.2) is 12.1 Å². The van der Waals surface area contributed by atoms with Crippen LogP contribution in [0.2, 0.25) is 0 Å². The number of hydrogen-bond acceptors (Lipinski definition) is 6. The quantitative estimate of drug-likeness (QED) is 0.521. The highest BCUT2D eigenvalue weighted by Crippen LogP contribution is 2.63. The molecule has 1 aliphatic rings. The monoisotopic (exact) mass is 293 g/mol. The van der Waals surface area contributed by atoms with Crippen molar-refractivity contribution in [3.05, 3.63) is 27.9 Å². The molecule has 0 aromatic carbocycles. The lowest BCUT2D eigenvalue weighted by atomic mass is 10.0. The number of carbonyl (C=O) groups excluding carboxylic acids is 1. The zero-order valence-corrected chi connectivity index (χ0v) is 12.8. The summed E-state index contributed by atoms with van der Waals surface area (Å²) in [4.78, 5) is 26.2. The van der Waals surface area contributed by atoms with Crippen molar-refractivity contribution in [3.63, 3.8) is 0 Å². The van der Waals surface area contributed by atoms with Crippen LogP contribution in [0.4, 0.5) is 11.5 Å². The van der Waals surface area contributed by atoms with Crippen LogP contribution >= 0.6 is 0 Å². The number of pyridine rings is 1. The molecule has 21 heavy (non-hydrogen) atoms. The minimum atomic E-state index is -0.623. The number of nitro groups is 1. The summed E-state index contributed by atoms with van der Waals surface area (Å²) in [7, 11) is 1.24. The van der Waals surface area contributed by atoms with Crippen LogP contribution in [-0.4, -0.2) is 29.0 Å². The summed E-state index contributed by atoms with van der Waals surface area (Å²) in [6.45, 7) is 8.34. The molecule has 0 radical (unpaired) electrons. The Hall–Kier alpha value is -2.18. The number of esters is 1. The van der Waals surface area contributed by atoms with E-state index in [9.17, 15) is 14.9 Å². The Bertz CT molecular complexity index is 596. The number of ether oxygens (including phenoxy) is 1. The maximum atomic E-state index is 11.5. The minimum absolute atomic E-state index is 0.0101. The number of carbonyl (C=O) groups is 1. The van der Waals surface area contributed by atoms with Crippen molar-refractivity contribution in [1.82, 2.24) is 4.98 Å². The number of methoxy groups -OCH3 is 1. The van der Waals surface area contributed by atoms with Crippen LogP contribution in [0, 0.1) is 20.9 Å². The average Bonchev–Trinajstić information content (AvgIpc) is 2.79. The summed E-state index contributed by atoms with van der Waals surface area (Å²) in [5.74, 6) is -0.520. The standard InChI is InChI=1S/C14H19N3O4/c1-13(2)12(14(13,3)4)16-10-9(17(19)20)7-6-8(15-10)11(18)21-5/h6-7,12H,1-5H3,(H,15,16). The molecule has 1 aromatic heterocycles. The first kappa shape index (κ1) is 15.2. The first-order chi connectivity index (χ1) is 9.62. The molecule has 7 nitrogen and oxygen atoms in total. The van der Waals surface area contributed by atoms with Gasteiger partial charge in [-0.25, -0.2) is 9.78 Å². The van der Waals surface area contributed by atoms with Gasteiger partial charge in [0.15, 0.2) is 5.69 Å². The van der Waals surface area contributed by atoms with E-state index in [1.165, 1.54) is 19.2 Å². The van der Waals surface area contributed by atoms with Crippen molar-refractivity contribution in [1.29, 1.82) is 0 Å². The van der Waals surface area contributed by atoms with Crippen LogP contribution < -0.4 is 5.32 Å². The van der Waals surface area contributed by atoms with Gasteiger partial charge in [0.05, 0.1) is 12.0 Å². The summed E-state index contributed by atoms with van der Waals surface area (Å²) in [6, 6.07) is 2.60. The Morgan fingerprint density at radius 2 is 1.90 bits per heavy atom. The summed E-state index contributed by atoms with van der Waals surface area (Å²) in [5, 5.41) is 14.2. The number of hydrogen-bond donors (Lipinski definition) is 1. The first-order valence-electron chi connectivity index (χ1n) is 6.63. The van der Waals surface area contributed by atoms with Crippen LogP contribution in [0.3, 0.4) is 0 Å². The van der Waals surface area contributed by atoms with Crippen molar-refractivity contribution in [3.8, 4) is 0 Å². The Labute approximate surface area is 122 Å². The molecule has 1 aliphatic carbocycles. The molecule has 1 aromatic rings. The van der Waals surface area contributed by atoms with Crippen LogP contribution in [0.5, 0.6) is 0 Å². The van der Waals surface area contributed by atoms with Gasteiger partial charge in [0.25, 0.3) is 0 Å². The van der Waals surface area contributed by atoms with Gasteiger partial charge < -0.3 is 10.1 Å². The average molecular weight is 293 g/mol. The highest BCUT2D eigenvalue weighted by atomic mass is 16.6. The maximum Gasteiger partial charge on any atom is 0.356 e. The van der Waals surface area contributed by atoms with Gasteiger partial charge in [-0.1, -0.05) is 27.7 Å². The largest absolute Gasteiger partial charge is 0.464 e. The summed E-state index contributed by atoms with van der Waals surface area (Å²) < 4.78 is 4.60. The molecule has 114 valence electrons. The molecule has 7 heteroatoms. The van der Waals surface area contributed by atoms with Gasteiger partial charge in [0.2, 0.25) is 5.82 Å². The molecule has 0 bridgehead atoms. The van der Waals surface area contributed by atoms with Crippen molar-refractivity contribution < 1.29 is 14.5 Å². The number of nitrogens with one attached hydrogen (secondary N) is 1. The molecule has 0 unspecified atom stereocenters. The topological polar surface area (TPSA) is 94.4 Å². The maximum absolute atomic E-state index is 11.5. The Kier molecular flexibility index (Phi) is 3.39. The van der Waals surface area contributed by atoms with Crippen molar-refractivity contribution in [2.45, 2.75) is 33.7 Å². The van der Waals surface area contributed by atoms with Gasteiger partial charge >= 0.3 is 11.7 Å². The lowest BCUT2D eigenvalue weighted by Gasteiger charge is -2.09. The number of aromatic nitrogens is 1. The highest BCUT2D eigenvalue weighted by molar-refractivity contribution is 5.88. The Morgan fingerprint density at radius 3 is 2.33 bits per heavy atom. The molecule has 0 aliphatic heterocycles. The van der Waals surface area contributed by atoms with E-state index in [1.807, 2.05) is 0 Å². The summed E-state index contributed by atoms with van der Waals surface area (Å²) in [5.41, 5.74) is -0.129. The summed E-state index contributed by atoms with van der Waals surface area (Å²) >= 11 is 0. The molecular formula is C14H19N3O4. The first-order valence-corrected chi connectivity index (χ1v) is 6.63. The van der Waals surface area contributed by atoms with E-state index in [2.05, 4.69) is 42.7 Å². The van der Waals surface area contributed by atoms with E-state index in [-0.39, 0.29) is 34.1 Å². The Balaban J connectivity index is 2.37. The lowest BCUT2D eigenvalue weighted by Crippen LogP contribution is -2.15. The van der Waals surface area contributed by atoms with Gasteiger partial charge in [0, 0.05) is 12.1 Å². The predicted octanol–water partition coefficient (Wildman–Crippen LogP) is 2.62. The van der Waals surface area contributed by atoms with Gasteiger partial charge in [-0.15, -0.1) is 0 Å². The van der Waals surface area contributed by atoms with Crippen molar-refractivity contribution in [2.24, 2.45) is 10.8 Å². The third-order valence-electron chi connectivity index (χ3n) is 4.77. The predicted molar refractivity (Wildman–Crippen MR) is 77.2 cm³/mol. The van der Waals surface area contributed by atoms with E-state index in [1.54, 1.807) is 0 Å². The van der Waals surface area contributed by atoms with E-state index >= 15 is 0 Å². The van der Waals surface area contributed by atoms with Crippen LogP contribution in [-0.2, 0) is 4.74 Å². The third kappa shape index (κ3) is 2.32. The molecule has 0 spiro atoms. The van der Waals surface area contributed by atoms with Gasteiger partial charge in [-0.05, 0) is 16.9 Å². The number of anilines is 1. The second-order valence-electron chi connectivity index (χ2n) is 6.33. The Morgan fingerprint density at radius 1 is 1.33 bits per heavy atom. The zero-order valence-electron chi connectivity index (χ0n) is 12.8. The van der Waals surface area contributed by atoms with E-state index in [0.29, 0.717) is 0 Å². The smallest absolute Gasteiger partial charge is 0.356 e. The van der Waals surface area contributed by atoms with E-state index in [0.717, 1.165) is 0 Å². The molecule has 1 N–H and O–H groups in total. The van der Waals surface area contributed by atoms with Crippen molar-refractivity contribution >= 4 is 17.5 Å².